The van der Waals surface area contributed by atoms with Gasteiger partial charge in [-0.2, -0.15) is 0 Å². The van der Waals surface area contributed by atoms with Gasteiger partial charge < -0.3 is 4.74 Å². The van der Waals surface area contributed by atoms with Crippen molar-refractivity contribution in [3.8, 4) is 0 Å². The van der Waals surface area contributed by atoms with E-state index in [2.05, 4.69) is 10.2 Å². The molecule has 1 unspecified atom stereocenters. The fraction of sp³-hybridized carbons (Fsp3) is 0.286. The Morgan fingerprint density at radius 2 is 2.03 bits per heavy atom. The van der Waals surface area contributed by atoms with E-state index in [9.17, 15) is 9.18 Å². The summed E-state index contributed by atoms with van der Waals surface area (Å²) in [5, 5.41) is 9.95. The molecule has 4 rings (SSSR count). The van der Waals surface area contributed by atoms with Crippen LogP contribution in [0, 0.1) is 5.82 Å². The lowest BCUT2D eigenvalue weighted by Crippen LogP contribution is -2.24. The Kier molecular flexibility index (Phi) is 6.08. The first-order chi connectivity index (χ1) is 14.5. The minimum absolute atomic E-state index is 0.0527. The number of para-hydroxylation sites is 1. The van der Waals surface area contributed by atoms with Crippen LogP contribution in [-0.2, 0) is 11.3 Å². The molecule has 4 aromatic rings. The van der Waals surface area contributed by atoms with Crippen LogP contribution >= 0.6 is 23.4 Å². The van der Waals surface area contributed by atoms with Gasteiger partial charge in [-0.3, -0.25) is 13.8 Å². The van der Waals surface area contributed by atoms with Crippen LogP contribution in [0.5, 0.6) is 0 Å². The van der Waals surface area contributed by atoms with Gasteiger partial charge in [0.05, 0.1) is 15.9 Å². The van der Waals surface area contributed by atoms with Gasteiger partial charge in [-0.15, -0.1) is 10.2 Å². The number of rotatable bonds is 7. The number of fused-ring (bicyclic) bond motifs is 3. The van der Waals surface area contributed by atoms with Crippen LogP contribution in [0.3, 0.4) is 0 Å². The van der Waals surface area contributed by atoms with E-state index in [4.69, 9.17) is 16.3 Å². The average molecular weight is 447 g/mol. The van der Waals surface area contributed by atoms with E-state index in [1.807, 2.05) is 35.6 Å². The first-order valence-electron chi connectivity index (χ1n) is 9.48. The van der Waals surface area contributed by atoms with Crippen LogP contribution in [0.4, 0.5) is 4.39 Å². The van der Waals surface area contributed by atoms with Gasteiger partial charge in [0.15, 0.2) is 5.16 Å². The molecular formula is C21H20ClFN4O2S. The normalized spacial score (nSPS) is 12.7. The summed E-state index contributed by atoms with van der Waals surface area (Å²) in [6.07, 6.45) is 0.685. The Hall–Kier alpha value is -2.42. The average Bonchev–Trinajstić information content (AvgIpc) is 3.16. The standard InChI is InChI=1S/C21H20ClFN4O2S/c1-13(14-8-9-17(23)16(22)12-14)30-21-25-24-20-26(10-5-11-29-2)19(28)15-6-3-4-7-18(15)27(20)21/h3-4,6-9,12-13H,5,10-11H2,1-2H3. The number of hydrogen-bond acceptors (Lipinski definition) is 5. The summed E-state index contributed by atoms with van der Waals surface area (Å²) in [5.74, 6) is 0.0401. The van der Waals surface area contributed by atoms with E-state index in [0.29, 0.717) is 35.9 Å². The van der Waals surface area contributed by atoms with Gasteiger partial charge in [0.2, 0.25) is 5.78 Å². The van der Waals surface area contributed by atoms with Gasteiger partial charge in [-0.1, -0.05) is 41.6 Å². The third-order valence-corrected chi connectivity index (χ3v) is 6.29. The lowest BCUT2D eigenvalue weighted by atomic mass is 10.2. The zero-order chi connectivity index (χ0) is 21.3. The Bertz CT molecular complexity index is 1270. The molecule has 0 N–H and O–H groups in total. The van der Waals surface area contributed by atoms with Crippen LogP contribution < -0.4 is 5.56 Å². The number of ether oxygens (including phenoxy) is 1. The highest BCUT2D eigenvalue weighted by Gasteiger charge is 2.19. The SMILES string of the molecule is COCCCn1c(=O)c2ccccc2n2c(SC(C)c3ccc(F)c(Cl)c3)nnc12. The highest BCUT2D eigenvalue weighted by molar-refractivity contribution is 7.99. The molecule has 0 spiro atoms. The number of aromatic nitrogens is 4. The summed E-state index contributed by atoms with van der Waals surface area (Å²) in [7, 11) is 1.63. The number of nitrogens with zero attached hydrogens (tertiary/aromatic N) is 4. The fourth-order valence-electron chi connectivity index (χ4n) is 3.37. The van der Waals surface area contributed by atoms with Crippen molar-refractivity contribution in [2.24, 2.45) is 0 Å². The molecule has 2 aromatic carbocycles. The smallest absolute Gasteiger partial charge is 0.262 e. The molecule has 2 heterocycles. The number of aryl methyl sites for hydroxylation is 1. The molecule has 9 heteroatoms. The molecule has 156 valence electrons. The van der Waals surface area contributed by atoms with Crippen molar-refractivity contribution >= 4 is 40.0 Å². The summed E-state index contributed by atoms with van der Waals surface area (Å²) in [4.78, 5) is 13.0. The molecule has 0 fully saturated rings. The second-order valence-corrected chi connectivity index (χ2v) is 8.59. The zero-order valence-corrected chi connectivity index (χ0v) is 18.1. The van der Waals surface area contributed by atoms with Crippen molar-refractivity contribution in [2.45, 2.75) is 30.3 Å². The van der Waals surface area contributed by atoms with E-state index in [0.717, 1.165) is 11.1 Å². The number of benzene rings is 2. The van der Waals surface area contributed by atoms with Crippen molar-refractivity contribution in [3.63, 3.8) is 0 Å². The van der Waals surface area contributed by atoms with Crippen LogP contribution in [0.25, 0.3) is 16.7 Å². The summed E-state index contributed by atoms with van der Waals surface area (Å²) in [6.45, 7) is 3.02. The molecule has 0 aliphatic carbocycles. The topological polar surface area (TPSA) is 61.4 Å². The maximum atomic E-state index is 13.5. The summed E-state index contributed by atoms with van der Waals surface area (Å²) in [5.41, 5.74) is 1.52. The predicted octanol–water partition coefficient (Wildman–Crippen LogP) is 4.73. The Morgan fingerprint density at radius 1 is 1.23 bits per heavy atom. The van der Waals surface area contributed by atoms with Crippen molar-refractivity contribution in [2.75, 3.05) is 13.7 Å². The summed E-state index contributed by atoms with van der Waals surface area (Å²) < 4.78 is 22.2. The van der Waals surface area contributed by atoms with Gasteiger partial charge in [-0.05, 0) is 43.2 Å². The molecule has 0 saturated carbocycles. The number of hydrogen-bond donors (Lipinski definition) is 0. The molecule has 0 radical (unpaired) electrons. The first-order valence-corrected chi connectivity index (χ1v) is 10.7. The highest BCUT2D eigenvalue weighted by Crippen LogP contribution is 2.36. The van der Waals surface area contributed by atoms with Crippen LogP contribution in [-0.4, -0.2) is 32.9 Å². The van der Waals surface area contributed by atoms with Crippen molar-refractivity contribution < 1.29 is 9.13 Å². The van der Waals surface area contributed by atoms with Crippen LogP contribution in [0.1, 0.15) is 24.2 Å². The van der Waals surface area contributed by atoms with E-state index >= 15 is 0 Å². The van der Waals surface area contributed by atoms with E-state index in [1.54, 1.807) is 23.8 Å². The van der Waals surface area contributed by atoms with E-state index in [-0.39, 0.29) is 15.8 Å². The molecule has 2 aromatic heterocycles. The highest BCUT2D eigenvalue weighted by atomic mass is 35.5. The first kappa shape index (κ1) is 20.8. The molecule has 0 saturated heterocycles. The quantitative estimate of drug-likeness (QED) is 0.303. The number of halogens is 2. The second kappa shape index (κ2) is 8.75. The van der Waals surface area contributed by atoms with Crippen molar-refractivity contribution in [3.05, 3.63) is 69.2 Å². The van der Waals surface area contributed by atoms with E-state index in [1.165, 1.54) is 17.8 Å². The zero-order valence-electron chi connectivity index (χ0n) is 16.5. The van der Waals surface area contributed by atoms with Gasteiger partial charge >= 0.3 is 0 Å². The lowest BCUT2D eigenvalue weighted by Gasteiger charge is -2.13. The van der Waals surface area contributed by atoms with Gasteiger partial charge in [0, 0.05) is 25.5 Å². The van der Waals surface area contributed by atoms with Crippen molar-refractivity contribution in [1.29, 1.82) is 0 Å². The van der Waals surface area contributed by atoms with E-state index < -0.39 is 5.82 Å². The summed E-state index contributed by atoms with van der Waals surface area (Å²) >= 11 is 7.42. The second-order valence-electron chi connectivity index (χ2n) is 6.87. The maximum Gasteiger partial charge on any atom is 0.262 e. The molecule has 1 atom stereocenters. The Morgan fingerprint density at radius 3 is 2.80 bits per heavy atom. The molecule has 0 aliphatic heterocycles. The summed E-state index contributed by atoms with van der Waals surface area (Å²) in [6, 6.07) is 12.1. The number of thioether (sulfide) groups is 1. The largest absolute Gasteiger partial charge is 0.385 e. The molecule has 0 amide bonds. The van der Waals surface area contributed by atoms with Gasteiger partial charge in [0.25, 0.3) is 5.56 Å². The maximum absolute atomic E-state index is 13.5. The third-order valence-electron chi connectivity index (χ3n) is 4.90. The van der Waals surface area contributed by atoms with Crippen LogP contribution in [0.15, 0.2) is 52.4 Å². The monoisotopic (exact) mass is 446 g/mol. The minimum Gasteiger partial charge on any atom is -0.385 e. The lowest BCUT2D eigenvalue weighted by molar-refractivity contribution is 0.190. The molecular weight excluding hydrogens is 427 g/mol. The Balaban J connectivity index is 1.81. The van der Waals surface area contributed by atoms with Gasteiger partial charge in [-0.25, -0.2) is 4.39 Å². The van der Waals surface area contributed by atoms with Crippen molar-refractivity contribution in [1.82, 2.24) is 19.2 Å². The number of methoxy groups -OCH3 is 1. The fourth-order valence-corrected chi connectivity index (χ4v) is 4.53. The molecule has 0 aliphatic rings. The van der Waals surface area contributed by atoms with Crippen LogP contribution in [0.2, 0.25) is 5.02 Å². The minimum atomic E-state index is -0.448. The molecule has 6 nitrogen and oxygen atoms in total. The third kappa shape index (κ3) is 3.82. The molecule has 0 bridgehead atoms. The Labute approximate surface area is 181 Å². The predicted molar refractivity (Wildman–Crippen MR) is 117 cm³/mol. The van der Waals surface area contributed by atoms with Gasteiger partial charge in [0.1, 0.15) is 5.82 Å². The molecule has 30 heavy (non-hydrogen) atoms.